The molecule has 1 saturated carbocycles. The van der Waals surface area contributed by atoms with Gasteiger partial charge in [-0.2, -0.15) is 4.98 Å². The molecule has 0 spiro atoms. The summed E-state index contributed by atoms with van der Waals surface area (Å²) in [4.78, 5) is 22.3. The third kappa shape index (κ3) is 2.81. The number of aromatic nitrogens is 5. The molecular weight excluding hydrogens is 401 g/mol. The number of hydrogen-bond donors (Lipinski definition) is 0. The van der Waals surface area contributed by atoms with Crippen molar-refractivity contribution in [2.45, 2.75) is 18.8 Å². The van der Waals surface area contributed by atoms with Crippen molar-refractivity contribution in [3.8, 4) is 23.0 Å². The number of ether oxygens (including phenoxy) is 1. The van der Waals surface area contributed by atoms with Gasteiger partial charge in [-0.1, -0.05) is 11.2 Å². The Morgan fingerprint density at radius 2 is 1.97 bits per heavy atom. The van der Waals surface area contributed by atoms with Crippen LogP contribution in [0.1, 0.15) is 24.7 Å². The van der Waals surface area contributed by atoms with Crippen LogP contribution in [0, 0.1) is 5.82 Å². The summed E-state index contributed by atoms with van der Waals surface area (Å²) in [6.45, 7) is 0. The maximum atomic E-state index is 13.3. The van der Waals surface area contributed by atoms with Crippen molar-refractivity contribution in [2.75, 3.05) is 0 Å². The van der Waals surface area contributed by atoms with E-state index in [1.54, 1.807) is 29.9 Å². The van der Waals surface area contributed by atoms with Gasteiger partial charge in [0.25, 0.3) is 5.56 Å². The molecule has 0 aliphatic heterocycles. The van der Waals surface area contributed by atoms with E-state index >= 15 is 0 Å². The minimum Gasteiger partial charge on any atom is -0.456 e. The molecule has 154 valence electrons. The summed E-state index contributed by atoms with van der Waals surface area (Å²) in [5, 5.41) is 4.46. The topological polar surface area (TPSA) is 87.5 Å². The number of hydrogen-bond acceptors (Lipinski definition) is 6. The van der Waals surface area contributed by atoms with Crippen molar-refractivity contribution in [1.29, 1.82) is 0 Å². The molecule has 1 fully saturated rings. The maximum absolute atomic E-state index is 13.3. The molecule has 0 saturated heterocycles. The van der Waals surface area contributed by atoms with Gasteiger partial charge in [-0.15, -0.1) is 0 Å². The van der Waals surface area contributed by atoms with Gasteiger partial charge in [0.15, 0.2) is 11.3 Å². The van der Waals surface area contributed by atoms with Gasteiger partial charge >= 0.3 is 0 Å². The van der Waals surface area contributed by atoms with Crippen molar-refractivity contribution in [1.82, 2.24) is 24.1 Å². The van der Waals surface area contributed by atoms with Crippen molar-refractivity contribution in [3.63, 3.8) is 0 Å². The SMILES string of the molecule is Cn1c(=O)c2c(Oc3ccc(F)cc3)cccc2n2cnc(-c3noc(C4CC4)n3)c12. The van der Waals surface area contributed by atoms with E-state index in [4.69, 9.17) is 9.26 Å². The van der Waals surface area contributed by atoms with Crippen LogP contribution in [-0.2, 0) is 7.05 Å². The minimum atomic E-state index is -0.361. The molecule has 0 unspecified atom stereocenters. The Labute approximate surface area is 174 Å². The average molecular weight is 417 g/mol. The van der Waals surface area contributed by atoms with Crippen molar-refractivity contribution >= 4 is 16.6 Å². The van der Waals surface area contributed by atoms with Crippen LogP contribution in [0.4, 0.5) is 4.39 Å². The van der Waals surface area contributed by atoms with Crippen molar-refractivity contribution in [2.24, 2.45) is 7.05 Å². The number of benzene rings is 2. The summed E-state index contributed by atoms with van der Waals surface area (Å²) in [6, 6.07) is 11.0. The van der Waals surface area contributed by atoms with E-state index in [2.05, 4.69) is 15.1 Å². The second-order valence-corrected chi connectivity index (χ2v) is 7.59. The van der Waals surface area contributed by atoms with Crippen molar-refractivity contribution < 1.29 is 13.7 Å². The lowest BCUT2D eigenvalue weighted by Gasteiger charge is -2.12. The molecule has 0 radical (unpaired) electrons. The Morgan fingerprint density at radius 1 is 1.16 bits per heavy atom. The Kier molecular flexibility index (Phi) is 3.73. The molecule has 8 nitrogen and oxygen atoms in total. The second kappa shape index (κ2) is 6.49. The summed E-state index contributed by atoms with van der Waals surface area (Å²) in [5.41, 5.74) is 1.40. The van der Waals surface area contributed by atoms with Gasteiger partial charge in [0.2, 0.25) is 11.7 Å². The summed E-state index contributed by atoms with van der Waals surface area (Å²) >= 11 is 0. The molecule has 9 heteroatoms. The van der Waals surface area contributed by atoms with E-state index in [0.717, 1.165) is 12.8 Å². The first-order chi connectivity index (χ1) is 15.1. The van der Waals surface area contributed by atoms with E-state index in [9.17, 15) is 9.18 Å². The minimum absolute atomic E-state index is 0.257. The molecule has 1 aliphatic carbocycles. The van der Waals surface area contributed by atoms with E-state index in [-0.39, 0.29) is 11.4 Å². The highest BCUT2D eigenvalue weighted by atomic mass is 19.1. The highest BCUT2D eigenvalue weighted by Gasteiger charge is 2.30. The van der Waals surface area contributed by atoms with Gasteiger partial charge in [-0.3, -0.25) is 13.8 Å². The van der Waals surface area contributed by atoms with Gasteiger partial charge in [0.05, 0.1) is 5.52 Å². The Morgan fingerprint density at radius 3 is 2.74 bits per heavy atom. The summed E-state index contributed by atoms with van der Waals surface area (Å²) in [5.74, 6) is 1.74. The van der Waals surface area contributed by atoms with Crippen LogP contribution < -0.4 is 10.3 Å². The van der Waals surface area contributed by atoms with Crippen LogP contribution >= 0.6 is 0 Å². The quantitative estimate of drug-likeness (QED) is 0.439. The molecule has 3 aromatic heterocycles. The number of aryl methyl sites for hydroxylation is 1. The van der Waals surface area contributed by atoms with Gasteiger partial charge in [-0.05, 0) is 49.2 Å². The van der Waals surface area contributed by atoms with Crippen LogP contribution in [-0.4, -0.2) is 24.1 Å². The lowest BCUT2D eigenvalue weighted by atomic mass is 10.2. The molecule has 0 atom stereocenters. The van der Waals surface area contributed by atoms with Gasteiger partial charge in [0, 0.05) is 13.0 Å². The Hall–Kier alpha value is -4.01. The largest absolute Gasteiger partial charge is 0.456 e. The van der Waals surface area contributed by atoms with Gasteiger partial charge in [-0.25, -0.2) is 9.37 Å². The number of imidazole rings is 1. The van der Waals surface area contributed by atoms with E-state index < -0.39 is 0 Å². The van der Waals surface area contributed by atoms with E-state index in [1.165, 1.54) is 28.8 Å². The number of rotatable bonds is 4. The predicted octanol–water partition coefficient (Wildman–Crippen LogP) is 4.05. The van der Waals surface area contributed by atoms with Crippen molar-refractivity contribution in [3.05, 3.63) is 70.9 Å². The van der Waals surface area contributed by atoms with Gasteiger partial charge in [0.1, 0.15) is 29.0 Å². The Balaban J connectivity index is 1.54. The van der Waals surface area contributed by atoms with E-state index in [1.807, 2.05) is 6.07 Å². The Bertz CT molecular complexity index is 1510. The molecule has 0 N–H and O–H groups in total. The van der Waals surface area contributed by atoms with Crippen LogP contribution in [0.5, 0.6) is 11.5 Å². The van der Waals surface area contributed by atoms with Gasteiger partial charge < -0.3 is 9.26 Å². The normalized spacial score (nSPS) is 13.9. The maximum Gasteiger partial charge on any atom is 0.265 e. The number of nitrogens with zero attached hydrogens (tertiary/aromatic N) is 5. The fourth-order valence-corrected chi connectivity index (χ4v) is 3.74. The highest BCUT2D eigenvalue weighted by molar-refractivity contribution is 5.89. The molecule has 0 bridgehead atoms. The smallest absolute Gasteiger partial charge is 0.265 e. The lowest BCUT2D eigenvalue weighted by Crippen LogP contribution is -2.20. The summed E-state index contributed by atoms with van der Waals surface area (Å²) in [7, 11) is 1.67. The zero-order chi connectivity index (χ0) is 21.1. The van der Waals surface area contributed by atoms with E-state index in [0.29, 0.717) is 51.4 Å². The molecule has 5 aromatic rings. The molecule has 3 heterocycles. The fourth-order valence-electron chi connectivity index (χ4n) is 3.74. The lowest BCUT2D eigenvalue weighted by molar-refractivity contribution is 0.380. The first-order valence-corrected chi connectivity index (χ1v) is 9.86. The number of halogens is 1. The standard InChI is InChI=1S/C22H16FN5O3/c1-27-21-18(19-25-20(31-26-19)12-5-6-12)24-11-28(21)15-3-2-4-16(17(15)22(27)29)30-14-9-7-13(23)8-10-14/h2-4,7-12H,5-6H2,1H3. The molecule has 0 amide bonds. The second-order valence-electron chi connectivity index (χ2n) is 7.59. The van der Waals surface area contributed by atoms with Crippen LogP contribution in [0.2, 0.25) is 0 Å². The first-order valence-electron chi connectivity index (χ1n) is 9.86. The molecule has 31 heavy (non-hydrogen) atoms. The zero-order valence-electron chi connectivity index (χ0n) is 16.4. The summed E-state index contributed by atoms with van der Waals surface area (Å²) < 4.78 is 27.8. The monoisotopic (exact) mass is 417 g/mol. The first kappa shape index (κ1) is 17.8. The molecule has 6 rings (SSSR count). The van der Waals surface area contributed by atoms with Crippen LogP contribution in [0.3, 0.4) is 0 Å². The molecule has 1 aliphatic rings. The number of fused-ring (bicyclic) bond motifs is 3. The average Bonchev–Trinajstić information content (AvgIpc) is 3.33. The van der Waals surface area contributed by atoms with Crippen LogP contribution in [0.15, 0.2) is 58.1 Å². The molecular formula is C22H16FN5O3. The fraction of sp³-hybridized carbons (Fsp3) is 0.182. The molecule has 2 aromatic carbocycles. The summed E-state index contributed by atoms with van der Waals surface area (Å²) in [6.07, 6.45) is 3.72. The third-order valence-electron chi connectivity index (χ3n) is 5.46. The third-order valence-corrected chi connectivity index (χ3v) is 5.46. The predicted molar refractivity (Wildman–Crippen MR) is 110 cm³/mol. The van der Waals surface area contributed by atoms with Crippen LogP contribution in [0.25, 0.3) is 28.1 Å². The highest BCUT2D eigenvalue weighted by Crippen LogP contribution is 2.39. The zero-order valence-corrected chi connectivity index (χ0v) is 16.4.